The fourth-order valence-electron chi connectivity index (χ4n) is 3.42. The first-order valence-electron chi connectivity index (χ1n) is 8.26. The molecule has 27 heavy (non-hydrogen) atoms. The fourth-order valence-corrected chi connectivity index (χ4v) is 3.42. The molecule has 4 rings (SSSR count). The highest BCUT2D eigenvalue weighted by atomic mass is 16.6. The number of nitro benzene ring substituents is 1. The van der Waals surface area contributed by atoms with Crippen molar-refractivity contribution < 1.29 is 19.6 Å². The van der Waals surface area contributed by atoms with Crippen LogP contribution in [0, 0.1) is 10.1 Å². The standard InChI is InChI=1S/C18H17N3O3.CH2O2/c1-24-18-4-2-3-12-9-20(11-16(12)18)10-13-8-19-17-7-14(21(22)23)5-6-15(13)17;2-1-3/h2-8,19H,9-11H2,1H3;1H,(H,2,3). The van der Waals surface area contributed by atoms with Crippen molar-refractivity contribution in [2.24, 2.45) is 0 Å². The minimum atomic E-state index is -0.372. The Kier molecular flexibility index (Phi) is 5.37. The summed E-state index contributed by atoms with van der Waals surface area (Å²) in [7, 11) is 1.70. The third kappa shape index (κ3) is 3.75. The number of fused-ring (bicyclic) bond motifs is 2. The van der Waals surface area contributed by atoms with E-state index in [1.807, 2.05) is 24.4 Å². The highest BCUT2D eigenvalue weighted by Crippen LogP contribution is 2.32. The van der Waals surface area contributed by atoms with Crippen LogP contribution in [0.4, 0.5) is 5.69 Å². The summed E-state index contributed by atoms with van der Waals surface area (Å²) >= 11 is 0. The molecule has 140 valence electrons. The van der Waals surface area contributed by atoms with Gasteiger partial charge in [-0.05, 0) is 23.3 Å². The molecule has 1 aromatic heterocycles. The zero-order valence-electron chi connectivity index (χ0n) is 14.7. The summed E-state index contributed by atoms with van der Waals surface area (Å²) in [5, 5.41) is 18.8. The van der Waals surface area contributed by atoms with Crippen molar-refractivity contribution in [2.75, 3.05) is 7.11 Å². The molecule has 0 aliphatic carbocycles. The summed E-state index contributed by atoms with van der Waals surface area (Å²) < 4.78 is 5.45. The minimum Gasteiger partial charge on any atom is -0.496 e. The second-order valence-corrected chi connectivity index (χ2v) is 6.15. The van der Waals surface area contributed by atoms with Crippen molar-refractivity contribution in [2.45, 2.75) is 19.6 Å². The van der Waals surface area contributed by atoms with Crippen molar-refractivity contribution in [3.05, 3.63) is 69.4 Å². The number of rotatable bonds is 4. The molecule has 0 saturated carbocycles. The van der Waals surface area contributed by atoms with Gasteiger partial charge in [0.2, 0.25) is 0 Å². The lowest BCUT2D eigenvalue weighted by Gasteiger charge is -2.14. The number of H-pyrrole nitrogens is 1. The monoisotopic (exact) mass is 369 g/mol. The van der Waals surface area contributed by atoms with E-state index in [1.54, 1.807) is 19.2 Å². The molecule has 0 unspecified atom stereocenters. The number of benzene rings is 2. The molecule has 0 spiro atoms. The van der Waals surface area contributed by atoms with Crippen LogP contribution in [0.2, 0.25) is 0 Å². The number of non-ortho nitro benzene ring substituents is 1. The Hall–Kier alpha value is -3.39. The maximum absolute atomic E-state index is 10.9. The van der Waals surface area contributed by atoms with Gasteiger partial charge in [-0.2, -0.15) is 0 Å². The quantitative estimate of drug-likeness (QED) is 0.415. The van der Waals surface area contributed by atoms with E-state index in [-0.39, 0.29) is 17.1 Å². The highest BCUT2D eigenvalue weighted by Gasteiger charge is 2.23. The highest BCUT2D eigenvalue weighted by molar-refractivity contribution is 5.85. The van der Waals surface area contributed by atoms with E-state index in [0.717, 1.165) is 41.9 Å². The van der Waals surface area contributed by atoms with E-state index < -0.39 is 0 Å². The predicted molar refractivity (Wildman–Crippen MR) is 99.6 cm³/mol. The van der Waals surface area contributed by atoms with Gasteiger partial charge in [-0.15, -0.1) is 0 Å². The molecule has 2 N–H and O–H groups in total. The number of nitrogens with one attached hydrogen (secondary N) is 1. The maximum atomic E-state index is 10.9. The van der Waals surface area contributed by atoms with Crippen molar-refractivity contribution in [1.82, 2.24) is 9.88 Å². The Bertz CT molecular complexity index is 983. The van der Waals surface area contributed by atoms with Gasteiger partial charge in [0.05, 0.1) is 17.5 Å². The van der Waals surface area contributed by atoms with Crippen LogP contribution < -0.4 is 4.74 Å². The smallest absolute Gasteiger partial charge is 0.290 e. The molecule has 0 amide bonds. The Labute approximate surface area is 155 Å². The zero-order chi connectivity index (χ0) is 19.4. The average molecular weight is 369 g/mol. The third-order valence-corrected chi connectivity index (χ3v) is 4.58. The molecule has 0 atom stereocenters. The summed E-state index contributed by atoms with van der Waals surface area (Å²) in [5.41, 5.74) is 4.59. The van der Waals surface area contributed by atoms with Gasteiger partial charge in [-0.3, -0.25) is 19.8 Å². The summed E-state index contributed by atoms with van der Waals surface area (Å²) in [4.78, 5) is 24.4. The lowest BCUT2D eigenvalue weighted by Crippen LogP contribution is -2.15. The Morgan fingerprint density at radius 2 is 2.11 bits per heavy atom. The Morgan fingerprint density at radius 3 is 2.81 bits per heavy atom. The van der Waals surface area contributed by atoms with Gasteiger partial charge >= 0.3 is 0 Å². The van der Waals surface area contributed by atoms with Crippen LogP contribution in [0.15, 0.2) is 42.6 Å². The van der Waals surface area contributed by atoms with Crippen molar-refractivity contribution >= 4 is 23.1 Å². The van der Waals surface area contributed by atoms with Gasteiger partial charge in [-0.1, -0.05) is 12.1 Å². The van der Waals surface area contributed by atoms with E-state index in [4.69, 9.17) is 14.6 Å². The molecular formula is C19H19N3O5. The number of hydrogen-bond donors (Lipinski definition) is 2. The van der Waals surface area contributed by atoms with Crippen molar-refractivity contribution in [3.8, 4) is 5.75 Å². The van der Waals surface area contributed by atoms with Gasteiger partial charge in [0, 0.05) is 48.9 Å². The van der Waals surface area contributed by atoms with Gasteiger partial charge in [0.1, 0.15) is 5.75 Å². The van der Waals surface area contributed by atoms with Crippen LogP contribution in [0.1, 0.15) is 16.7 Å². The number of carboxylic acid groups (broad SMARTS) is 1. The molecule has 2 aromatic carbocycles. The first-order chi connectivity index (χ1) is 13.1. The topological polar surface area (TPSA) is 109 Å². The van der Waals surface area contributed by atoms with Crippen molar-refractivity contribution in [3.63, 3.8) is 0 Å². The van der Waals surface area contributed by atoms with E-state index in [0.29, 0.717) is 0 Å². The molecule has 0 fully saturated rings. The first kappa shape index (κ1) is 18.4. The van der Waals surface area contributed by atoms with Gasteiger partial charge < -0.3 is 14.8 Å². The van der Waals surface area contributed by atoms with Crippen molar-refractivity contribution in [1.29, 1.82) is 0 Å². The summed E-state index contributed by atoms with van der Waals surface area (Å²) in [6, 6.07) is 11.1. The van der Waals surface area contributed by atoms with Gasteiger partial charge in [-0.25, -0.2) is 0 Å². The summed E-state index contributed by atoms with van der Waals surface area (Å²) in [6.07, 6.45) is 1.94. The Morgan fingerprint density at radius 1 is 1.33 bits per heavy atom. The molecule has 3 aromatic rings. The Balaban J connectivity index is 0.000000659. The van der Waals surface area contributed by atoms with Crippen LogP contribution in [0.5, 0.6) is 5.75 Å². The van der Waals surface area contributed by atoms with Crippen LogP contribution in [0.3, 0.4) is 0 Å². The molecule has 0 bridgehead atoms. The minimum absolute atomic E-state index is 0.106. The normalized spacial score (nSPS) is 12.9. The van der Waals surface area contributed by atoms with E-state index in [2.05, 4.69) is 16.0 Å². The summed E-state index contributed by atoms with van der Waals surface area (Å²) in [6.45, 7) is 2.26. The van der Waals surface area contributed by atoms with Crippen LogP contribution in [0.25, 0.3) is 10.9 Å². The fraction of sp³-hybridized carbons (Fsp3) is 0.211. The lowest BCUT2D eigenvalue weighted by molar-refractivity contribution is -0.384. The molecule has 2 heterocycles. The number of carbonyl (C=O) groups is 1. The third-order valence-electron chi connectivity index (χ3n) is 4.58. The van der Waals surface area contributed by atoms with Crippen LogP contribution >= 0.6 is 0 Å². The predicted octanol–water partition coefficient (Wildman–Crippen LogP) is 3.30. The molecule has 1 aliphatic heterocycles. The van der Waals surface area contributed by atoms with E-state index in [1.165, 1.54) is 11.1 Å². The number of ether oxygens (including phenoxy) is 1. The van der Waals surface area contributed by atoms with Gasteiger partial charge in [0.25, 0.3) is 12.2 Å². The average Bonchev–Trinajstić information content (AvgIpc) is 3.25. The first-order valence-corrected chi connectivity index (χ1v) is 8.26. The SMILES string of the molecule is COc1cccc2c1CN(Cc1c[nH]c3cc([N+](=O)[O-])ccc13)C2.O=CO. The zero-order valence-corrected chi connectivity index (χ0v) is 14.7. The molecule has 8 heteroatoms. The number of nitrogens with zero attached hydrogens (tertiary/aromatic N) is 2. The largest absolute Gasteiger partial charge is 0.496 e. The second kappa shape index (κ2) is 7.88. The molecular weight excluding hydrogens is 350 g/mol. The van der Waals surface area contributed by atoms with Crippen LogP contribution in [-0.4, -0.2) is 33.5 Å². The maximum Gasteiger partial charge on any atom is 0.290 e. The molecule has 0 saturated heterocycles. The van der Waals surface area contributed by atoms with Crippen LogP contribution in [-0.2, 0) is 24.4 Å². The number of aromatic amines is 1. The second-order valence-electron chi connectivity index (χ2n) is 6.15. The number of hydrogen-bond acceptors (Lipinski definition) is 5. The number of nitro groups is 1. The molecule has 1 aliphatic rings. The van der Waals surface area contributed by atoms with Gasteiger partial charge in [0.15, 0.2) is 0 Å². The molecule has 8 nitrogen and oxygen atoms in total. The lowest BCUT2D eigenvalue weighted by atomic mass is 10.1. The van der Waals surface area contributed by atoms with E-state index >= 15 is 0 Å². The number of methoxy groups -OCH3 is 1. The molecule has 0 radical (unpaired) electrons. The summed E-state index contributed by atoms with van der Waals surface area (Å²) in [5.74, 6) is 0.935. The van der Waals surface area contributed by atoms with E-state index in [9.17, 15) is 10.1 Å². The number of aromatic nitrogens is 1.